The van der Waals surface area contributed by atoms with Crippen molar-refractivity contribution in [1.29, 1.82) is 0 Å². The van der Waals surface area contributed by atoms with Crippen molar-refractivity contribution in [3.63, 3.8) is 0 Å². The number of hydrogen-bond acceptors (Lipinski definition) is 4. The molecule has 9 heteroatoms. The van der Waals surface area contributed by atoms with Crippen LogP contribution >= 0.6 is 0 Å². The topological polar surface area (TPSA) is 86.8 Å². The van der Waals surface area contributed by atoms with Crippen LogP contribution in [0.2, 0.25) is 0 Å². The van der Waals surface area contributed by atoms with E-state index in [2.05, 4.69) is 5.32 Å². The van der Waals surface area contributed by atoms with Gasteiger partial charge in [-0.25, -0.2) is 12.8 Å². The van der Waals surface area contributed by atoms with Gasteiger partial charge in [-0.2, -0.15) is 0 Å². The molecule has 1 atom stereocenters. The molecule has 230 valence electrons. The minimum absolute atomic E-state index is 0.0255. The zero-order valence-electron chi connectivity index (χ0n) is 25.2. The second-order valence-corrected chi connectivity index (χ2v) is 12.6. The quantitative estimate of drug-likeness (QED) is 0.206. The summed E-state index contributed by atoms with van der Waals surface area (Å²) >= 11 is 0. The number of amides is 2. The maximum atomic E-state index is 14.4. The number of anilines is 1. The maximum Gasteiger partial charge on any atom is 0.264 e. The Labute approximate surface area is 259 Å². The molecule has 0 aliphatic carbocycles. The molecule has 0 fully saturated rings. The fourth-order valence-electron chi connectivity index (χ4n) is 5.02. The Kier molecular flexibility index (Phi) is 10.9. The highest BCUT2D eigenvalue weighted by Crippen LogP contribution is 2.28. The fraction of sp³-hybridized carbons (Fsp3) is 0.257. The van der Waals surface area contributed by atoms with Gasteiger partial charge in [0.2, 0.25) is 11.8 Å². The number of hydrogen-bond donors (Lipinski definition) is 1. The molecular weight excluding hydrogens is 577 g/mol. The minimum Gasteiger partial charge on any atom is -0.354 e. The number of carbonyl (C=O) groups excluding carboxylic acids is 2. The molecule has 1 N–H and O–H groups in total. The van der Waals surface area contributed by atoms with E-state index in [1.165, 1.54) is 29.2 Å². The number of rotatable bonds is 13. The third-order valence-corrected chi connectivity index (χ3v) is 9.09. The van der Waals surface area contributed by atoms with Gasteiger partial charge in [-0.1, -0.05) is 85.3 Å². The van der Waals surface area contributed by atoms with Crippen molar-refractivity contribution in [2.45, 2.75) is 51.1 Å². The van der Waals surface area contributed by atoms with Crippen LogP contribution in [-0.2, 0) is 32.6 Å². The SMILES string of the molecule is CCCNC(=O)[C@H](Cc1ccccc1)N(Cc1ccc(F)cc1)C(=O)CN(c1ccc(C)cc1C)S(=O)(=O)c1ccccc1. The number of sulfonamides is 1. The van der Waals surface area contributed by atoms with Crippen LogP contribution in [0.25, 0.3) is 0 Å². The summed E-state index contributed by atoms with van der Waals surface area (Å²) in [4.78, 5) is 29.5. The van der Waals surface area contributed by atoms with Gasteiger partial charge in [-0.15, -0.1) is 0 Å². The predicted octanol–water partition coefficient (Wildman–Crippen LogP) is 5.80. The summed E-state index contributed by atoms with van der Waals surface area (Å²) in [5.41, 5.74) is 3.44. The molecular formula is C35H38FN3O4S. The molecule has 0 saturated carbocycles. The standard InChI is InChI=1S/C35H38FN3O4S/c1-4-21-37-35(41)33(23-28-11-7-5-8-12-28)38(24-29-16-18-30(36)19-17-29)34(40)25-39(32-20-15-26(2)22-27(32)3)44(42,43)31-13-9-6-10-14-31/h5-20,22,33H,4,21,23-25H2,1-3H3,(H,37,41)/t33-/m0/s1. The summed E-state index contributed by atoms with van der Waals surface area (Å²) in [7, 11) is -4.18. The van der Waals surface area contributed by atoms with E-state index >= 15 is 0 Å². The summed E-state index contributed by atoms with van der Waals surface area (Å²) in [5.74, 6) is -1.35. The number of nitrogens with zero attached hydrogens (tertiary/aromatic N) is 2. The first-order valence-corrected chi connectivity index (χ1v) is 16.0. The lowest BCUT2D eigenvalue weighted by Gasteiger charge is -2.34. The molecule has 2 amide bonds. The Morgan fingerprint density at radius 2 is 1.48 bits per heavy atom. The van der Waals surface area contributed by atoms with Crippen LogP contribution in [-0.4, -0.2) is 44.3 Å². The highest BCUT2D eigenvalue weighted by atomic mass is 32.2. The van der Waals surface area contributed by atoms with Crippen LogP contribution in [0.4, 0.5) is 10.1 Å². The van der Waals surface area contributed by atoms with Crippen LogP contribution in [0.1, 0.15) is 35.6 Å². The van der Waals surface area contributed by atoms with Crippen molar-refractivity contribution in [3.8, 4) is 0 Å². The normalized spacial score (nSPS) is 11.9. The average molecular weight is 616 g/mol. The lowest BCUT2D eigenvalue weighted by molar-refractivity contribution is -0.140. The minimum atomic E-state index is -4.18. The molecule has 0 aliphatic heterocycles. The van der Waals surface area contributed by atoms with Crippen LogP contribution < -0.4 is 9.62 Å². The molecule has 4 aromatic carbocycles. The van der Waals surface area contributed by atoms with Gasteiger partial charge in [0.25, 0.3) is 10.0 Å². The molecule has 0 radical (unpaired) electrons. The molecule has 0 heterocycles. The maximum absolute atomic E-state index is 14.4. The van der Waals surface area contributed by atoms with Gasteiger partial charge in [0.15, 0.2) is 0 Å². The summed E-state index contributed by atoms with van der Waals surface area (Å²) in [5, 5.41) is 2.91. The lowest BCUT2D eigenvalue weighted by atomic mass is 10.0. The van der Waals surface area contributed by atoms with Gasteiger partial charge < -0.3 is 10.2 Å². The van der Waals surface area contributed by atoms with Crippen molar-refractivity contribution in [3.05, 3.63) is 131 Å². The van der Waals surface area contributed by atoms with Crippen molar-refractivity contribution >= 4 is 27.5 Å². The van der Waals surface area contributed by atoms with Gasteiger partial charge >= 0.3 is 0 Å². The smallest absolute Gasteiger partial charge is 0.264 e. The summed E-state index contributed by atoms with van der Waals surface area (Å²) in [6.07, 6.45) is 0.907. The Morgan fingerprint density at radius 3 is 2.09 bits per heavy atom. The first-order chi connectivity index (χ1) is 21.1. The monoisotopic (exact) mass is 615 g/mol. The molecule has 4 rings (SSSR count). The Morgan fingerprint density at radius 1 is 0.841 bits per heavy atom. The summed E-state index contributed by atoms with van der Waals surface area (Å²) in [6.45, 7) is 5.49. The van der Waals surface area contributed by atoms with Crippen LogP contribution in [0.3, 0.4) is 0 Å². The van der Waals surface area contributed by atoms with E-state index in [0.717, 1.165) is 15.4 Å². The largest absolute Gasteiger partial charge is 0.354 e. The van der Waals surface area contributed by atoms with Gasteiger partial charge in [-0.3, -0.25) is 13.9 Å². The van der Waals surface area contributed by atoms with E-state index in [1.807, 2.05) is 50.2 Å². The van der Waals surface area contributed by atoms with E-state index in [0.29, 0.717) is 29.8 Å². The predicted molar refractivity (Wildman–Crippen MR) is 171 cm³/mol. The number of carbonyl (C=O) groups is 2. The first kappa shape index (κ1) is 32.4. The second kappa shape index (κ2) is 14.8. The summed E-state index contributed by atoms with van der Waals surface area (Å²) in [6, 6.07) is 27.4. The zero-order valence-corrected chi connectivity index (χ0v) is 26.1. The van der Waals surface area contributed by atoms with Gasteiger partial charge in [0, 0.05) is 19.5 Å². The van der Waals surface area contributed by atoms with Crippen LogP contribution in [0.5, 0.6) is 0 Å². The molecule has 7 nitrogen and oxygen atoms in total. The Hall–Kier alpha value is -4.50. The lowest BCUT2D eigenvalue weighted by Crippen LogP contribution is -2.53. The van der Waals surface area contributed by atoms with Crippen molar-refractivity contribution in [2.75, 3.05) is 17.4 Å². The molecule has 0 saturated heterocycles. The number of aryl methyl sites for hydroxylation is 2. The van der Waals surface area contributed by atoms with E-state index in [9.17, 15) is 22.4 Å². The van der Waals surface area contributed by atoms with Crippen LogP contribution in [0.15, 0.2) is 108 Å². The van der Waals surface area contributed by atoms with Crippen molar-refractivity contribution in [2.24, 2.45) is 0 Å². The Balaban J connectivity index is 1.81. The summed E-state index contributed by atoms with van der Waals surface area (Å²) < 4.78 is 43.1. The molecule has 0 bridgehead atoms. The molecule has 4 aromatic rings. The van der Waals surface area contributed by atoms with E-state index < -0.39 is 34.3 Å². The molecule has 0 aliphatic rings. The molecule has 0 spiro atoms. The van der Waals surface area contributed by atoms with Gasteiger partial charge in [0.05, 0.1) is 10.6 Å². The van der Waals surface area contributed by atoms with E-state index in [4.69, 9.17) is 0 Å². The highest BCUT2D eigenvalue weighted by molar-refractivity contribution is 7.92. The van der Waals surface area contributed by atoms with Crippen molar-refractivity contribution < 1.29 is 22.4 Å². The molecule has 0 aromatic heterocycles. The molecule has 44 heavy (non-hydrogen) atoms. The zero-order chi connectivity index (χ0) is 31.7. The van der Waals surface area contributed by atoms with Gasteiger partial charge in [-0.05, 0) is 67.3 Å². The highest BCUT2D eigenvalue weighted by Gasteiger charge is 2.35. The van der Waals surface area contributed by atoms with Gasteiger partial charge in [0.1, 0.15) is 18.4 Å². The number of nitrogens with one attached hydrogen (secondary N) is 1. The van der Waals surface area contributed by atoms with E-state index in [-0.39, 0.29) is 23.8 Å². The second-order valence-electron chi connectivity index (χ2n) is 10.8. The third-order valence-electron chi connectivity index (χ3n) is 7.32. The van der Waals surface area contributed by atoms with Crippen LogP contribution in [0, 0.1) is 19.7 Å². The molecule has 0 unspecified atom stereocenters. The number of benzene rings is 4. The fourth-order valence-corrected chi connectivity index (χ4v) is 6.52. The first-order valence-electron chi connectivity index (χ1n) is 14.6. The average Bonchev–Trinajstić information content (AvgIpc) is 3.02. The van der Waals surface area contributed by atoms with Crippen molar-refractivity contribution in [1.82, 2.24) is 10.2 Å². The third kappa shape index (κ3) is 8.11. The number of halogens is 1. The Bertz CT molecular complexity index is 1660. The van der Waals surface area contributed by atoms with E-state index in [1.54, 1.807) is 49.4 Å².